The van der Waals surface area contributed by atoms with E-state index in [0.29, 0.717) is 6.54 Å². The molecule has 0 bridgehead atoms. The standard InChI is InChI=1S/C28H35N5O3/c1-20-13-15-21(16-14-20)27(28(35)29-18-23-10-7-17-36-23)33(22-8-3-2-4-9-22)26(34)19-32-25-12-6-5-11-24(25)30-31-32/h5-6,11-16,22-23,27H,2-4,7-10,17-19H2,1H3,(H,29,35)/t23-,27-/m1/s1. The van der Waals surface area contributed by atoms with Gasteiger partial charge in [0.1, 0.15) is 18.1 Å². The summed E-state index contributed by atoms with van der Waals surface area (Å²) in [6, 6.07) is 14.9. The van der Waals surface area contributed by atoms with Crippen LogP contribution in [0.4, 0.5) is 0 Å². The van der Waals surface area contributed by atoms with Gasteiger partial charge in [-0.05, 0) is 50.3 Å². The molecule has 36 heavy (non-hydrogen) atoms. The lowest BCUT2D eigenvalue weighted by Crippen LogP contribution is -2.51. The molecule has 1 saturated heterocycles. The van der Waals surface area contributed by atoms with E-state index in [1.54, 1.807) is 4.68 Å². The van der Waals surface area contributed by atoms with E-state index in [-0.39, 0.29) is 30.5 Å². The van der Waals surface area contributed by atoms with Crippen molar-refractivity contribution in [2.75, 3.05) is 13.2 Å². The van der Waals surface area contributed by atoms with Crippen molar-refractivity contribution in [2.24, 2.45) is 0 Å². The molecule has 2 atom stereocenters. The highest BCUT2D eigenvalue weighted by molar-refractivity contribution is 5.89. The summed E-state index contributed by atoms with van der Waals surface area (Å²) < 4.78 is 7.37. The van der Waals surface area contributed by atoms with Gasteiger partial charge in [0.25, 0.3) is 0 Å². The maximum Gasteiger partial charge on any atom is 0.247 e. The van der Waals surface area contributed by atoms with Gasteiger partial charge in [-0.3, -0.25) is 9.59 Å². The van der Waals surface area contributed by atoms with Crippen LogP contribution in [0.2, 0.25) is 0 Å². The molecule has 0 radical (unpaired) electrons. The van der Waals surface area contributed by atoms with E-state index >= 15 is 0 Å². The molecule has 0 unspecified atom stereocenters. The van der Waals surface area contributed by atoms with Crippen molar-refractivity contribution in [3.8, 4) is 0 Å². The summed E-state index contributed by atoms with van der Waals surface area (Å²) in [7, 11) is 0. The lowest BCUT2D eigenvalue weighted by molar-refractivity contribution is -0.145. The Hall–Kier alpha value is -3.26. The van der Waals surface area contributed by atoms with E-state index < -0.39 is 6.04 Å². The SMILES string of the molecule is Cc1ccc([C@H](C(=O)NC[C@H]2CCCO2)N(C(=O)Cn2nnc3ccccc32)C2CCCCC2)cc1. The molecule has 1 aliphatic heterocycles. The first-order valence-corrected chi connectivity index (χ1v) is 13.2. The minimum absolute atomic E-state index is 0.000759. The summed E-state index contributed by atoms with van der Waals surface area (Å²) in [6.07, 6.45) is 7.05. The molecule has 3 aromatic rings. The fourth-order valence-corrected chi connectivity index (χ4v) is 5.47. The first kappa shape index (κ1) is 24.4. The summed E-state index contributed by atoms with van der Waals surface area (Å²) in [6.45, 7) is 3.26. The summed E-state index contributed by atoms with van der Waals surface area (Å²) in [4.78, 5) is 29.7. The van der Waals surface area contributed by atoms with Crippen LogP contribution in [0.25, 0.3) is 11.0 Å². The van der Waals surface area contributed by atoms with Crippen LogP contribution in [-0.4, -0.2) is 57.0 Å². The third-order valence-electron chi connectivity index (χ3n) is 7.41. The second-order valence-corrected chi connectivity index (χ2v) is 10.0. The third kappa shape index (κ3) is 5.43. The van der Waals surface area contributed by atoms with Gasteiger partial charge >= 0.3 is 0 Å². The van der Waals surface area contributed by atoms with Gasteiger partial charge in [-0.1, -0.05) is 66.4 Å². The van der Waals surface area contributed by atoms with Gasteiger partial charge in [-0.2, -0.15) is 0 Å². The molecular weight excluding hydrogens is 454 g/mol. The van der Waals surface area contributed by atoms with Crippen molar-refractivity contribution >= 4 is 22.8 Å². The van der Waals surface area contributed by atoms with Crippen molar-refractivity contribution in [1.29, 1.82) is 0 Å². The quantitative estimate of drug-likeness (QED) is 0.518. The Labute approximate surface area is 212 Å². The minimum Gasteiger partial charge on any atom is -0.376 e. The molecule has 8 nitrogen and oxygen atoms in total. The fourth-order valence-electron chi connectivity index (χ4n) is 5.47. The van der Waals surface area contributed by atoms with E-state index in [1.807, 2.05) is 60.4 Å². The largest absolute Gasteiger partial charge is 0.376 e. The van der Waals surface area contributed by atoms with Crippen molar-refractivity contribution in [2.45, 2.75) is 76.6 Å². The van der Waals surface area contributed by atoms with Crippen LogP contribution in [0.5, 0.6) is 0 Å². The number of ether oxygens (including phenoxy) is 1. The molecule has 8 heteroatoms. The van der Waals surface area contributed by atoms with Crippen LogP contribution in [0, 0.1) is 6.92 Å². The summed E-state index contributed by atoms with van der Waals surface area (Å²) >= 11 is 0. The second-order valence-electron chi connectivity index (χ2n) is 10.0. The molecule has 2 fully saturated rings. The summed E-state index contributed by atoms with van der Waals surface area (Å²) in [5.41, 5.74) is 3.50. The topological polar surface area (TPSA) is 89.4 Å². The van der Waals surface area contributed by atoms with Gasteiger partial charge in [0.2, 0.25) is 11.8 Å². The van der Waals surface area contributed by atoms with Crippen LogP contribution >= 0.6 is 0 Å². The normalized spacial score (nSPS) is 19.3. The van der Waals surface area contributed by atoms with E-state index in [0.717, 1.165) is 73.7 Å². The number of carbonyl (C=O) groups excluding carboxylic acids is 2. The van der Waals surface area contributed by atoms with Crippen molar-refractivity contribution < 1.29 is 14.3 Å². The molecule has 0 spiro atoms. The van der Waals surface area contributed by atoms with Crippen molar-refractivity contribution in [3.05, 3.63) is 59.7 Å². The number of hydrogen-bond acceptors (Lipinski definition) is 5. The molecule has 2 aromatic carbocycles. The molecule has 5 rings (SSSR count). The Kier molecular flexibility index (Phi) is 7.60. The Morgan fingerprint density at radius 2 is 1.83 bits per heavy atom. The lowest BCUT2D eigenvalue weighted by atomic mass is 9.91. The first-order chi connectivity index (χ1) is 17.6. The van der Waals surface area contributed by atoms with Gasteiger partial charge in [-0.15, -0.1) is 5.10 Å². The number of aromatic nitrogens is 3. The molecule has 2 heterocycles. The van der Waals surface area contributed by atoms with Crippen LogP contribution in [0.3, 0.4) is 0 Å². The van der Waals surface area contributed by atoms with Gasteiger partial charge < -0.3 is 15.0 Å². The number of fused-ring (bicyclic) bond motifs is 1. The zero-order valence-corrected chi connectivity index (χ0v) is 20.9. The van der Waals surface area contributed by atoms with E-state index in [4.69, 9.17) is 4.74 Å². The van der Waals surface area contributed by atoms with Crippen molar-refractivity contribution in [1.82, 2.24) is 25.2 Å². The third-order valence-corrected chi connectivity index (χ3v) is 7.41. The highest BCUT2D eigenvalue weighted by atomic mass is 16.5. The van der Waals surface area contributed by atoms with Crippen LogP contribution in [0.15, 0.2) is 48.5 Å². The average molecular weight is 490 g/mol. The number of rotatable bonds is 8. The maximum atomic E-state index is 14.0. The number of hydrogen-bond donors (Lipinski definition) is 1. The predicted octanol–water partition coefficient (Wildman–Crippen LogP) is 3.94. The van der Waals surface area contributed by atoms with E-state index in [1.165, 1.54) is 0 Å². The zero-order chi connectivity index (χ0) is 24.9. The number of aryl methyl sites for hydroxylation is 1. The number of carbonyl (C=O) groups is 2. The number of nitrogens with one attached hydrogen (secondary N) is 1. The average Bonchev–Trinajstić information content (AvgIpc) is 3.57. The summed E-state index contributed by atoms with van der Waals surface area (Å²) in [5, 5.41) is 11.6. The Balaban J connectivity index is 1.47. The predicted molar refractivity (Wildman–Crippen MR) is 137 cm³/mol. The Morgan fingerprint density at radius 1 is 1.06 bits per heavy atom. The van der Waals surface area contributed by atoms with Crippen LogP contribution < -0.4 is 5.32 Å². The molecule has 2 aliphatic rings. The molecule has 2 amide bonds. The summed E-state index contributed by atoms with van der Waals surface area (Å²) in [5.74, 6) is -0.271. The van der Waals surface area contributed by atoms with Gasteiger partial charge in [0.15, 0.2) is 0 Å². The van der Waals surface area contributed by atoms with E-state index in [9.17, 15) is 9.59 Å². The number of nitrogens with zero attached hydrogens (tertiary/aromatic N) is 4. The molecule has 190 valence electrons. The molecule has 1 N–H and O–H groups in total. The Morgan fingerprint density at radius 3 is 2.58 bits per heavy atom. The molecule has 1 aliphatic carbocycles. The Bertz CT molecular complexity index is 1180. The first-order valence-electron chi connectivity index (χ1n) is 13.2. The molecule has 1 aromatic heterocycles. The minimum atomic E-state index is -0.711. The molecular formula is C28H35N5O3. The lowest BCUT2D eigenvalue weighted by Gasteiger charge is -2.39. The highest BCUT2D eigenvalue weighted by Crippen LogP contribution is 2.32. The van der Waals surface area contributed by atoms with Gasteiger partial charge in [-0.25, -0.2) is 4.68 Å². The van der Waals surface area contributed by atoms with Gasteiger partial charge in [0.05, 0.1) is 11.6 Å². The fraction of sp³-hybridized carbons (Fsp3) is 0.500. The van der Waals surface area contributed by atoms with Gasteiger partial charge in [0, 0.05) is 19.2 Å². The number of benzene rings is 2. The second kappa shape index (κ2) is 11.2. The number of amides is 2. The zero-order valence-electron chi connectivity index (χ0n) is 20.9. The molecule has 1 saturated carbocycles. The maximum absolute atomic E-state index is 14.0. The van der Waals surface area contributed by atoms with Crippen LogP contribution in [0.1, 0.15) is 62.1 Å². The highest BCUT2D eigenvalue weighted by Gasteiger charge is 2.37. The monoisotopic (exact) mass is 489 g/mol. The van der Waals surface area contributed by atoms with E-state index in [2.05, 4.69) is 15.6 Å². The van der Waals surface area contributed by atoms with Crippen LogP contribution in [-0.2, 0) is 20.9 Å². The number of para-hydroxylation sites is 1. The van der Waals surface area contributed by atoms with Crippen molar-refractivity contribution in [3.63, 3.8) is 0 Å². The smallest absolute Gasteiger partial charge is 0.247 e.